The Labute approximate surface area is 118 Å². The summed E-state index contributed by atoms with van der Waals surface area (Å²) in [7, 11) is 0. The second-order valence-electron chi connectivity index (χ2n) is 4.64. The zero-order valence-electron chi connectivity index (χ0n) is 10.6. The van der Waals surface area contributed by atoms with Gasteiger partial charge in [-0.3, -0.25) is 0 Å². The molecule has 0 aliphatic carbocycles. The highest BCUT2D eigenvalue weighted by molar-refractivity contribution is 9.10. The number of nitrogens with two attached hydrogens (primary N) is 1. The van der Waals surface area contributed by atoms with E-state index in [0.29, 0.717) is 5.88 Å². The van der Waals surface area contributed by atoms with Gasteiger partial charge in [0.05, 0.1) is 16.2 Å². The first-order valence-corrected chi connectivity index (χ1v) is 6.71. The van der Waals surface area contributed by atoms with Gasteiger partial charge >= 0.3 is 0 Å². The molecule has 3 rings (SSSR count). The third-order valence-electron chi connectivity index (χ3n) is 3.10. The van der Waals surface area contributed by atoms with E-state index in [1.165, 1.54) is 0 Å². The molecule has 2 aromatic rings. The predicted molar refractivity (Wildman–Crippen MR) is 74.3 cm³/mol. The van der Waals surface area contributed by atoms with E-state index in [0.717, 1.165) is 32.7 Å². The lowest BCUT2D eigenvalue weighted by Crippen LogP contribution is -1.98. The topological polar surface area (TPSA) is 70.5 Å². The van der Waals surface area contributed by atoms with Gasteiger partial charge in [-0.15, -0.1) is 0 Å². The molecule has 6 heteroatoms. The molecule has 0 spiro atoms. The van der Waals surface area contributed by atoms with Crippen LogP contribution < -0.4 is 15.2 Å². The highest BCUT2D eigenvalue weighted by Crippen LogP contribution is 2.49. The lowest BCUT2D eigenvalue weighted by molar-refractivity contribution is 0.172. The van der Waals surface area contributed by atoms with E-state index in [4.69, 9.17) is 19.7 Å². The number of fused-ring (bicyclic) bond motifs is 1. The van der Waals surface area contributed by atoms with Crippen molar-refractivity contribution in [2.75, 3.05) is 12.5 Å². The average molecular weight is 325 g/mol. The second kappa shape index (κ2) is 4.45. The minimum atomic E-state index is 0.232. The number of hydrogen-bond acceptors (Lipinski definition) is 5. The second-order valence-corrected chi connectivity index (χ2v) is 5.50. The maximum absolute atomic E-state index is 5.82. The van der Waals surface area contributed by atoms with Crippen LogP contribution in [0.2, 0.25) is 0 Å². The zero-order chi connectivity index (χ0) is 13.6. The van der Waals surface area contributed by atoms with Crippen LogP contribution in [0.3, 0.4) is 0 Å². The SMILES string of the molecule is CC(C)c1c(-c2cnoc2N)cc(Br)c2c1OCO2. The molecule has 0 saturated heterocycles. The van der Waals surface area contributed by atoms with Crippen LogP contribution in [0.25, 0.3) is 11.1 Å². The van der Waals surface area contributed by atoms with Crippen molar-refractivity contribution < 1.29 is 14.0 Å². The lowest BCUT2D eigenvalue weighted by Gasteiger charge is -2.15. The van der Waals surface area contributed by atoms with Crippen LogP contribution in [0, 0.1) is 0 Å². The molecule has 1 aromatic heterocycles. The summed E-state index contributed by atoms with van der Waals surface area (Å²) in [6.07, 6.45) is 1.62. The molecular formula is C13H13BrN2O3. The maximum atomic E-state index is 5.82. The number of nitrogens with zero attached hydrogens (tertiary/aromatic N) is 1. The normalized spacial score (nSPS) is 13.3. The van der Waals surface area contributed by atoms with Gasteiger partial charge < -0.3 is 19.7 Å². The highest BCUT2D eigenvalue weighted by atomic mass is 79.9. The number of hydrogen-bond donors (Lipinski definition) is 1. The number of anilines is 1. The van der Waals surface area contributed by atoms with Gasteiger partial charge in [-0.1, -0.05) is 19.0 Å². The summed E-state index contributed by atoms with van der Waals surface area (Å²) >= 11 is 3.49. The van der Waals surface area contributed by atoms with Crippen molar-refractivity contribution in [3.63, 3.8) is 0 Å². The first-order chi connectivity index (χ1) is 9.09. The van der Waals surface area contributed by atoms with E-state index in [1.54, 1.807) is 6.20 Å². The molecule has 100 valence electrons. The molecule has 2 N–H and O–H groups in total. The van der Waals surface area contributed by atoms with Crippen LogP contribution in [-0.2, 0) is 0 Å². The first kappa shape index (κ1) is 12.3. The number of nitrogen functional groups attached to an aromatic ring is 1. The largest absolute Gasteiger partial charge is 0.453 e. The third kappa shape index (κ3) is 1.87. The van der Waals surface area contributed by atoms with Gasteiger partial charge in [-0.05, 0) is 33.5 Å². The molecule has 0 fully saturated rings. The van der Waals surface area contributed by atoms with Gasteiger partial charge in [0.25, 0.3) is 0 Å². The van der Waals surface area contributed by atoms with Gasteiger partial charge in [-0.25, -0.2) is 0 Å². The summed E-state index contributed by atoms with van der Waals surface area (Å²) in [5.74, 6) is 2.06. The van der Waals surface area contributed by atoms with Gasteiger partial charge in [-0.2, -0.15) is 0 Å². The molecule has 0 unspecified atom stereocenters. The number of halogens is 1. The van der Waals surface area contributed by atoms with E-state index < -0.39 is 0 Å². The van der Waals surface area contributed by atoms with Crippen molar-refractivity contribution in [1.29, 1.82) is 0 Å². The molecule has 1 aromatic carbocycles. The van der Waals surface area contributed by atoms with Gasteiger partial charge in [0.1, 0.15) is 0 Å². The summed E-state index contributed by atoms with van der Waals surface area (Å²) in [6, 6.07) is 1.96. The Morgan fingerprint density at radius 2 is 2.00 bits per heavy atom. The smallest absolute Gasteiger partial charge is 0.231 e. The van der Waals surface area contributed by atoms with Gasteiger partial charge in [0, 0.05) is 5.56 Å². The molecule has 1 aliphatic rings. The van der Waals surface area contributed by atoms with E-state index in [2.05, 4.69) is 34.9 Å². The number of rotatable bonds is 2. The first-order valence-electron chi connectivity index (χ1n) is 5.92. The molecule has 19 heavy (non-hydrogen) atoms. The molecule has 0 bridgehead atoms. The molecule has 0 atom stereocenters. The highest BCUT2D eigenvalue weighted by Gasteiger charge is 2.27. The summed E-state index contributed by atoms with van der Waals surface area (Å²) in [5, 5.41) is 3.73. The van der Waals surface area contributed by atoms with Gasteiger partial charge in [0.2, 0.25) is 12.7 Å². The summed E-state index contributed by atoms with van der Waals surface area (Å²) in [6.45, 7) is 4.42. The van der Waals surface area contributed by atoms with E-state index >= 15 is 0 Å². The monoisotopic (exact) mass is 324 g/mol. The predicted octanol–water partition coefficient (Wildman–Crippen LogP) is 3.54. The van der Waals surface area contributed by atoms with Crippen LogP contribution in [0.5, 0.6) is 11.5 Å². The average Bonchev–Trinajstić information content (AvgIpc) is 2.96. The fraction of sp³-hybridized carbons (Fsp3) is 0.308. The van der Waals surface area contributed by atoms with Crippen LogP contribution >= 0.6 is 15.9 Å². The summed E-state index contributed by atoms with van der Waals surface area (Å²) in [4.78, 5) is 0. The molecule has 5 nitrogen and oxygen atoms in total. The maximum Gasteiger partial charge on any atom is 0.231 e. The van der Waals surface area contributed by atoms with E-state index in [-0.39, 0.29) is 12.7 Å². The fourth-order valence-corrected chi connectivity index (χ4v) is 2.82. The summed E-state index contributed by atoms with van der Waals surface area (Å²) in [5.41, 5.74) is 8.58. The van der Waals surface area contributed by atoms with Crippen molar-refractivity contribution in [3.8, 4) is 22.6 Å². The van der Waals surface area contributed by atoms with Crippen molar-refractivity contribution in [3.05, 3.63) is 22.3 Å². The Balaban J connectivity index is 2.31. The minimum absolute atomic E-state index is 0.232. The molecule has 0 amide bonds. The van der Waals surface area contributed by atoms with Crippen molar-refractivity contribution in [1.82, 2.24) is 5.16 Å². The Morgan fingerprint density at radius 1 is 1.26 bits per heavy atom. The molecule has 2 heterocycles. The lowest BCUT2D eigenvalue weighted by atomic mass is 9.92. The van der Waals surface area contributed by atoms with Crippen molar-refractivity contribution >= 4 is 21.8 Å². The number of benzene rings is 1. The number of aromatic nitrogens is 1. The van der Waals surface area contributed by atoms with Crippen LogP contribution in [0.1, 0.15) is 25.3 Å². The van der Waals surface area contributed by atoms with E-state index in [1.807, 2.05) is 6.07 Å². The Kier molecular flexibility index (Phi) is 2.89. The number of ether oxygens (including phenoxy) is 2. The zero-order valence-corrected chi connectivity index (χ0v) is 12.2. The molecule has 0 saturated carbocycles. The van der Waals surface area contributed by atoms with Gasteiger partial charge in [0.15, 0.2) is 11.5 Å². The summed E-state index contributed by atoms with van der Waals surface area (Å²) < 4.78 is 16.9. The molecule has 0 radical (unpaired) electrons. The molecular weight excluding hydrogens is 312 g/mol. The Bertz CT molecular complexity index is 637. The van der Waals surface area contributed by atoms with Crippen LogP contribution in [-0.4, -0.2) is 11.9 Å². The minimum Gasteiger partial charge on any atom is -0.453 e. The van der Waals surface area contributed by atoms with Crippen molar-refractivity contribution in [2.24, 2.45) is 0 Å². The van der Waals surface area contributed by atoms with Crippen LogP contribution in [0.4, 0.5) is 5.88 Å². The van der Waals surface area contributed by atoms with Crippen molar-refractivity contribution in [2.45, 2.75) is 19.8 Å². The van der Waals surface area contributed by atoms with E-state index in [9.17, 15) is 0 Å². The molecule has 1 aliphatic heterocycles. The van der Waals surface area contributed by atoms with Crippen LogP contribution in [0.15, 0.2) is 21.3 Å². The standard InChI is InChI=1S/C13H13BrN2O3/c1-6(2)10-7(8-4-16-19-13(8)15)3-9(14)11-12(10)18-5-17-11/h3-4,6H,5,15H2,1-2H3. The quantitative estimate of drug-likeness (QED) is 0.914. The third-order valence-corrected chi connectivity index (χ3v) is 3.69. The Morgan fingerprint density at radius 3 is 2.63 bits per heavy atom. The fourth-order valence-electron chi connectivity index (χ4n) is 2.30. The Hall–Kier alpha value is -1.69.